The molecule has 3 rings (SSSR count). The van der Waals surface area contributed by atoms with Crippen molar-refractivity contribution in [3.8, 4) is 11.5 Å². The summed E-state index contributed by atoms with van der Waals surface area (Å²) in [5, 5.41) is 6.07. The summed E-state index contributed by atoms with van der Waals surface area (Å²) in [4.78, 5) is 16.4. The molecule has 0 radical (unpaired) electrons. The lowest BCUT2D eigenvalue weighted by Crippen LogP contribution is -2.24. The van der Waals surface area contributed by atoms with Crippen molar-refractivity contribution in [1.29, 1.82) is 0 Å². The Hall–Kier alpha value is -2.08. The number of rotatable bonds is 5. The molecule has 21 heavy (non-hydrogen) atoms. The van der Waals surface area contributed by atoms with Gasteiger partial charge in [0.05, 0.1) is 5.01 Å². The number of ether oxygens (including phenoxy) is 2. The second-order valence-corrected chi connectivity index (χ2v) is 5.75. The number of benzene rings is 1. The predicted molar refractivity (Wildman–Crippen MR) is 80.1 cm³/mol. The SMILES string of the molecule is Cc1csc(CCCNC(=O)c2ccc3c(c2)OCO3)n1. The maximum atomic E-state index is 12.0. The largest absolute Gasteiger partial charge is 0.454 e. The van der Waals surface area contributed by atoms with Crippen LogP contribution in [0.15, 0.2) is 23.6 Å². The van der Waals surface area contributed by atoms with Crippen molar-refractivity contribution in [2.24, 2.45) is 0 Å². The van der Waals surface area contributed by atoms with E-state index in [4.69, 9.17) is 9.47 Å². The Morgan fingerprint density at radius 1 is 1.38 bits per heavy atom. The van der Waals surface area contributed by atoms with Gasteiger partial charge in [0.2, 0.25) is 6.79 Å². The average Bonchev–Trinajstić information content (AvgIpc) is 3.11. The molecule has 5 nitrogen and oxygen atoms in total. The van der Waals surface area contributed by atoms with Crippen LogP contribution in [0.4, 0.5) is 0 Å². The van der Waals surface area contributed by atoms with Gasteiger partial charge in [-0.3, -0.25) is 4.79 Å². The smallest absolute Gasteiger partial charge is 0.251 e. The predicted octanol–water partition coefficient (Wildman–Crippen LogP) is 2.54. The van der Waals surface area contributed by atoms with Gasteiger partial charge in [-0.2, -0.15) is 0 Å². The first-order chi connectivity index (χ1) is 10.2. The van der Waals surface area contributed by atoms with Crippen LogP contribution in [0.3, 0.4) is 0 Å². The zero-order chi connectivity index (χ0) is 14.7. The van der Waals surface area contributed by atoms with Gasteiger partial charge >= 0.3 is 0 Å². The third kappa shape index (κ3) is 3.33. The molecule has 6 heteroatoms. The number of aromatic nitrogens is 1. The van der Waals surface area contributed by atoms with Crippen molar-refractivity contribution in [2.45, 2.75) is 19.8 Å². The van der Waals surface area contributed by atoms with Crippen LogP contribution in [0.2, 0.25) is 0 Å². The van der Waals surface area contributed by atoms with Crippen LogP contribution in [0, 0.1) is 6.92 Å². The highest BCUT2D eigenvalue weighted by Crippen LogP contribution is 2.32. The van der Waals surface area contributed by atoms with Crippen molar-refractivity contribution in [3.05, 3.63) is 39.8 Å². The first-order valence-corrected chi connectivity index (χ1v) is 7.69. The molecule has 0 saturated heterocycles. The number of amides is 1. The highest BCUT2D eigenvalue weighted by molar-refractivity contribution is 7.09. The summed E-state index contributed by atoms with van der Waals surface area (Å²) < 4.78 is 10.5. The van der Waals surface area contributed by atoms with Crippen molar-refractivity contribution in [2.75, 3.05) is 13.3 Å². The first-order valence-electron chi connectivity index (χ1n) is 6.81. The Morgan fingerprint density at radius 3 is 3.05 bits per heavy atom. The maximum absolute atomic E-state index is 12.0. The second kappa shape index (κ2) is 6.13. The van der Waals surface area contributed by atoms with Crippen LogP contribution >= 0.6 is 11.3 Å². The first kappa shape index (κ1) is 13.9. The number of nitrogens with zero attached hydrogens (tertiary/aromatic N) is 1. The van der Waals surface area contributed by atoms with Gasteiger partial charge in [-0.15, -0.1) is 11.3 Å². The van der Waals surface area contributed by atoms with Crippen LogP contribution in [0.25, 0.3) is 0 Å². The molecule has 2 heterocycles. The Labute approximate surface area is 126 Å². The molecule has 1 amide bonds. The van der Waals surface area contributed by atoms with E-state index in [1.807, 2.05) is 12.3 Å². The van der Waals surface area contributed by atoms with Crippen LogP contribution < -0.4 is 14.8 Å². The molecule has 0 aliphatic carbocycles. The highest BCUT2D eigenvalue weighted by atomic mass is 32.1. The summed E-state index contributed by atoms with van der Waals surface area (Å²) in [5.74, 6) is 1.22. The van der Waals surface area contributed by atoms with Gasteiger partial charge in [-0.25, -0.2) is 4.98 Å². The number of carbonyl (C=O) groups is 1. The van der Waals surface area contributed by atoms with E-state index in [1.54, 1.807) is 29.5 Å². The van der Waals surface area contributed by atoms with Crippen molar-refractivity contribution >= 4 is 17.2 Å². The monoisotopic (exact) mass is 304 g/mol. The van der Waals surface area contributed by atoms with Gasteiger partial charge in [0, 0.05) is 29.6 Å². The molecular weight excluding hydrogens is 288 g/mol. The Morgan fingerprint density at radius 2 is 2.24 bits per heavy atom. The van der Waals surface area contributed by atoms with Crippen LogP contribution in [0.5, 0.6) is 11.5 Å². The minimum absolute atomic E-state index is 0.0939. The molecule has 1 N–H and O–H groups in total. The summed E-state index contributed by atoms with van der Waals surface area (Å²) in [6, 6.07) is 5.21. The van der Waals surface area contributed by atoms with Gasteiger partial charge in [-0.1, -0.05) is 0 Å². The minimum atomic E-state index is -0.0939. The molecule has 1 aliphatic rings. The topological polar surface area (TPSA) is 60.5 Å². The molecule has 0 spiro atoms. The normalized spacial score (nSPS) is 12.4. The zero-order valence-electron chi connectivity index (χ0n) is 11.7. The molecule has 1 aromatic carbocycles. The number of hydrogen-bond acceptors (Lipinski definition) is 5. The fraction of sp³-hybridized carbons (Fsp3) is 0.333. The number of thiazole rings is 1. The van der Waals surface area contributed by atoms with E-state index in [1.165, 1.54) is 0 Å². The summed E-state index contributed by atoms with van der Waals surface area (Å²) in [6.45, 7) is 2.83. The molecule has 2 aromatic rings. The van der Waals surface area contributed by atoms with Gasteiger partial charge in [0.25, 0.3) is 5.91 Å². The summed E-state index contributed by atoms with van der Waals surface area (Å²) in [5.41, 5.74) is 1.64. The van der Waals surface area contributed by atoms with E-state index >= 15 is 0 Å². The van der Waals surface area contributed by atoms with Crippen LogP contribution in [-0.2, 0) is 6.42 Å². The lowest BCUT2D eigenvalue weighted by Gasteiger charge is -2.05. The van der Waals surface area contributed by atoms with Crippen molar-refractivity contribution < 1.29 is 14.3 Å². The lowest BCUT2D eigenvalue weighted by molar-refractivity contribution is 0.0952. The third-order valence-corrected chi connectivity index (χ3v) is 4.18. The second-order valence-electron chi connectivity index (χ2n) is 4.81. The highest BCUT2D eigenvalue weighted by Gasteiger charge is 2.15. The average molecular weight is 304 g/mol. The van der Waals surface area contributed by atoms with Gasteiger partial charge in [0.15, 0.2) is 11.5 Å². The Bertz CT molecular complexity index is 654. The van der Waals surface area contributed by atoms with Gasteiger partial charge in [-0.05, 0) is 31.5 Å². The number of nitrogens with one attached hydrogen (secondary N) is 1. The van der Waals surface area contributed by atoms with Gasteiger partial charge in [0.1, 0.15) is 0 Å². The Kier molecular flexibility index (Phi) is 4.06. The van der Waals surface area contributed by atoms with E-state index in [-0.39, 0.29) is 12.7 Å². The number of carbonyl (C=O) groups excluding carboxylic acids is 1. The van der Waals surface area contributed by atoms with E-state index < -0.39 is 0 Å². The molecular formula is C15H16N2O3S. The standard InChI is InChI=1S/C15H16N2O3S/c1-10-8-21-14(17-10)3-2-6-16-15(18)11-4-5-12-13(7-11)20-9-19-12/h4-5,7-8H,2-3,6,9H2,1H3,(H,16,18). The fourth-order valence-electron chi connectivity index (χ4n) is 2.10. The van der Waals surface area contributed by atoms with E-state index in [0.29, 0.717) is 23.6 Å². The molecule has 110 valence electrons. The molecule has 0 saturated carbocycles. The molecule has 1 aliphatic heterocycles. The van der Waals surface area contributed by atoms with Gasteiger partial charge < -0.3 is 14.8 Å². The van der Waals surface area contributed by atoms with Crippen molar-refractivity contribution in [1.82, 2.24) is 10.3 Å². The summed E-state index contributed by atoms with van der Waals surface area (Å²) >= 11 is 1.66. The molecule has 0 bridgehead atoms. The maximum Gasteiger partial charge on any atom is 0.251 e. The summed E-state index contributed by atoms with van der Waals surface area (Å²) in [6.07, 6.45) is 1.77. The van der Waals surface area contributed by atoms with Crippen LogP contribution in [0.1, 0.15) is 27.5 Å². The number of fused-ring (bicyclic) bond motifs is 1. The third-order valence-electron chi connectivity index (χ3n) is 3.15. The van der Waals surface area contributed by atoms with E-state index in [9.17, 15) is 4.79 Å². The van der Waals surface area contributed by atoms with Crippen molar-refractivity contribution in [3.63, 3.8) is 0 Å². The fourth-order valence-corrected chi connectivity index (χ4v) is 2.92. The number of hydrogen-bond donors (Lipinski definition) is 1. The quantitative estimate of drug-likeness (QED) is 0.862. The van der Waals surface area contributed by atoms with E-state index in [0.717, 1.165) is 23.5 Å². The Balaban J connectivity index is 1.48. The molecule has 1 aromatic heterocycles. The van der Waals surface area contributed by atoms with E-state index in [2.05, 4.69) is 10.3 Å². The molecule has 0 unspecified atom stereocenters. The molecule has 0 fully saturated rings. The summed E-state index contributed by atoms with van der Waals surface area (Å²) in [7, 11) is 0. The van der Waals surface area contributed by atoms with Crippen LogP contribution in [-0.4, -0.2) is 24.2 Å². The lowest BCUT2D eigenvalue weighted by atomic mass is 10.2. The number of aryl methyl sites for hydroxylation is 2. The minimum Gasteiger partial charge on any atom is -0.454 e. The zero-order valence-corrected chi connectivity index (χ0v) is 12.5. The molecule has 0 atom stereocenters.